The number of rotatable bonds is 4. The van der Waals surface area contributed by atoms with Crippen molar-refractivity contribution in [2.45, 2.75) is 6.92 Å². The lowest BCUT2D eigenvalue weighted by Crippen LogP contribution is -2.37. The number of likely N-dealkylation sites (N-methyl/N-ethyl adjacent to an activating group) is 1. The SMILES string of the molecule is CCN1CC=CN1CCS(C)(=O)=O. The third kappa shape index (κ3) is 3.36. The first-order valence-corrected chi connectivity index (χ1v) is 6.45. The van der Waals surface area contributed by atoms with Crippen LogP contribution in [-0.4, -0.2) is 50.1 Å². The van der Waals surface area contributed by atoms with Gasteiger partial charge in [0.1, 0.15) is 9.84 Å². The molecule has 0 fully saturated rings. The Morgan fingerprint density at radius 2 is 2.15 bits per heavy atom. The maximum Gasteiger partial charge on any atom is 0.149 e. The summed E-state index contributed by atoms with van der Waals surface area (Å²) in [6.45, 7) is 4.42. The molecule has 0 unspecified atom stereocenters. The van der Waals surface area contributed by atoms with Crippen LogP contribution in [-0.2, 0) is 9.84 Å². The van der Waals surface area contributed by atoms with E-state index in [1.54, 1.807) is 0 Å². The van der Waals surface area contributed by atoms with E-state index in [9.17, 15) is 8.42 Å². The number of sulfone groups is 1. The van der Waals surface area contributed by atoms with Gasteiger partial charge in [-0.25, -0.2) is 13.4 Å². The molecule has 13 heavy (non-hydrogen) atoms. The molecule has 0 aromatic rings. The monoisotopic (exact) mass is 204 g/mol. The normalized spacial score (nSPS) is 18.5. The van der Waals surface area contributed by atoms with E-state index in [-0.39, 0.29) is 5.75 Å². The van der Waals surface area contributed by atoms with Gasteiger partial charge in [-0.05, 0) is 0 Å². The van der Waals surface area contributed by atoms with Gasteiger partial charge in [0, 0.05) is 32.1 Å². The Morgan fingerprint density at radius 1 is 1.46 bits per heavy atom. The molecule has 0 saturated carbocycles. The summed E-state index contributed by atoms with van der Waals surface area (Å²) in [6.07, 6.45) is 5.24. The Bertz CT molecular complexity index is 285. The fraction of sp³-hybridized carbons (Fsp3) is 0.750. The summed E-state index contributed by atoms with van der Waals surface area (Å²) >= 11 is 0. The van der Waals surface area contributed by atoms with E-state index >= 15 is 0 Å². The number of hydrazine groups is 1. The van der Waals surface area contributed by atoms with Crippen molar-refractivity contribution in [3.8, 4) is 0 Å². The summed E-state index contributed by atoms with van der Waals surface area (Å²) in [7, 11) is -2.85. The second-order valence-electron chi connectivity index (χ2n) is 3.18. The highest BCUT2D eigenvalue weighted by Crippen LogP contribution is 2.06. The van der Waals surface area contributed by atoms with Crippen LogP contribution < -0.4 is 0 Å². The average Bonchev–Trinajstić information content (AvgIpc) is 2.46. The van der Waals surface area contributed by atoms with Crippen molar-refractivity contribution in [2.24, 2.45) is 0 Å². The molecule has 1 aliphatic heterocycles. The second kappa shape index (κ2) is 4.11. The van der Waals surface area contributed by atoms with Crippen LogP contribution in [0.5, 0.6) is 0 Å². The van der Waals surface area contributed by atoms with E-state index in [4.69, 9.17) is 0 Å². The summed E-state index contributed by atoms with van der Waals surface area (Å²) < 4.78 is 21.8. The topological polar surface area (TPSA) is 40.6 Å². The van der Waals surface area contributed by atoms with Crippen LogP contribution in [0.4, 0.5) is 0 Å². The smallest absolute Gasteiger partial charge is 0.149 e. The first-order valence-electron chi connectivity index (χ1n) is 4.39. The lowest BCUT2D eigenvalue weighted by molar-refractivity contribution is 0.0649. The molecule has 0 aromatic carbocycles. The maximum atomic E-state index is 10.9. The van der Waals surface area contributed by atoms with Crippen LogP contribution in [0.3, 0.4) is 0 Å². The van der Waals surface area contributed by atoms with Crippen LogP contribution in [0.25, 0.3) is 0 Å². The molecular weight excluding hydrogens is 188 g/mol. The van der Waals surface area contributed by atoms with Crippen molar-refractivity contribution in [1.29, 1.82) is 0 Å². The zero-order valence-electron chi connectivity index (χ0n) is 8.10. The van der Waals surface area contributed by atoms with Gasteiger partial charge >= 0.3 is 0 Å². The Labute approximate surface area is 79.7 Å². The Morgan fingerprint density at radius 3 is 2.69 bits per heavy atom. The molecule has 0 atom stereocenters. The fourth-order valence-corrected chi connectivity index (χ4v) is 1.79. The quantitative estimate of drug-likeness (QED) is 0.651. The van der Waals surface area contributed by atoms with Gasteiger partial charge in [0.15, 0.2) is 0 Å². The summed E-state index contributed by atoms with van der Waals surface area (Å²) in [5.41, 5.74) is 0. The summed E-state index contributed by atoms with van der Waals surface area (Å²) in [4.78, 5) is 0. The molecule has 0 bridgehead atoms. The molecule has 0 aliphatic carbocycles. The van der Waals surface area contributed by atoms with Crippen molar-refractivity contribution in [2.75, 3.05) is 31.6 Å². The zero-order chi connectivity index (χ0) is 9.90. The van der Waals surface area contributed by atoms with E-state index < -0.39 is 9.84 Å². The molecule has 1 aliphatic rings. The van der Waals surface area contributed by atoms with E-state index in [1.165, 1.54) is 6.26 Å². The van der Waals surface area contributed by atoms with Gasteiger partial charge in [0.25, 0.3) is 0 Å². The highest BCUT2D eigenvalue weighted by molar-refractivity contribution is 7.90. The van der Waals surface area contributed by atoms with Crippen molar-refractivity contribution >= 4 is 9.84 Å². The van der Waals surface area contributed by atoms with Crippen LogP contribution in [0.1, 0.15) is 6.92 Å². The Kier molecular flexibility index (Phi) is 3.33. The van der Waals surface area contributed by atoms with Crippen molar-refractivity contribution in [3.63, 3.8) is 0 Å². The van der Waals surface area contributed by atoms with E-state index in [1.807, 2.05) is 17.3 Å². The van der Waals surface area contributed by atoms with Crippen LogP contribution in [0.15, 0.2) is 12.3 Å². The van der Waals surface area contributed by atoms with Crippen molar-refractivity contribution in [3.05, 3.63) is 12.3 Å². The first kappa shape index (κ1) is 10.5. The van der Waals surface area contributed by atoms with Crippen LogP contribution in [0, 0.1) is 0 Å². The molecular formula is C8H16N2O2S. The molecule has 0 saturated heterocycles. The molecule has 0 N–H and O–H groups in total. The Balaban J connectivity index is 2.41. The lowest BCUT2D eigenvalue weighted by Gasteiger charge is -2.27. The molecule has 0 amide bonds. The fourth-order valence-electron chi connectivity index (χ4n) is 1.28. The van der Waals surface area contributed by atoms with Crippen molar-refractivity contribution in [1.82, 2.24) is 10.0 Å². The molecule has 0 aromatic heterocycles. The molecule has 1 heterocycles. The van der Waals surface area contributed by atoms with Gasteiger partial charge < -0.3 is 5.01 Å². The molecule has 5 heteroatoms. The predicted molar refractivity (Wildman–Crippen MR) is 52.8 cm³/mol. The molecule has 76 valence electrons. The highest BCUT2D eigenvalue weighted by atomic mass is 32.2. The molecule has 4 nitrogen and oxygen atoms in total. The zero-order valence-corrected chi connectivity index (χ0v) is 8.92. The van der Waals surface area contributed by atoms with Crippen LogP contribution >= 0.6 is 0 Å². The summed E-state index contributed by atoms with van der Waals surface area (Å²) in [6, 6.07) is 0. The van der Waals surface area contributed by atoms with Gasteiger partial charge in [-0.15, -0.1) is 0 Å². The minimum atomic E-state index is -2.85. The predicted octanol–water partition coefficient (Wildman–Crippen LogP) is 0.0972. The van der Waals surface area contributed by atoms with Gasteiger partial charge in [-0.3, -0.25) is 0 Å². The average molecular weight is 204 g/mol. The van der Waals surface area contributed by atoms with E-state index in [0.717, 1.165) is 13.1 Å². The first-order chi connectivity index (χ1) is 6.03. The van der Waals surface area contributed by atoms with E-state index in [0.29, 0.717) is 6.54 Å². The largest absolute Gasteiger partial charge is 0.312 e. The van der Waals surface area contributed by atoms with Crippen LogP contribution in [0.2, 0.25) is 0 Å². The van der Waals surface area contributed by atoms with E-state index in [2.05, 4.69) is 11.9 Å². The van der Waals surface area contributed by atoms with Gasteiger partial charge in [0.2, 0.25) is 0 Å². The van der Waals surface area contributed by atoms with Crippen molar-refractivity contribution < 1.29 is 8.42 Å². The molecule has 1 rings (SSSR count). The van der Waals surface area contributed by atoms with Gasteiger partial charge in [-0.2, -0.15) is 0 Å². The summed E-state index contributed by atoms with van der Waals surface area (Å²) in [5.74, 6) is 0.216. The standard InChI is InChI=1S/C8H16N2O2S/c1-3-9-5-4-6-10(9)7-8-13(2,11)12/h4,6H,3,5,7-8H2,1-2H3. The summed E-state index contributed by atoms with van der Waals surface area (Å²) in [5, 5.41) is 4.06. The lowest BCUT2D eigenvalue weighted by atomic mass is 10.6. The number of hydrogen-bond donors (Lipinski definition) is 0. The molecule has 0 spiro atoms. The Hall–Kier alpha value is -0.550. The van der Waals surface area contributed by atoms with Gasteiger partial charge in [-0.1, -0.05) is 13.0 Å². The maximum absolute atomic E-state index is 10.9. The minimum absolute atomic E-state index is 0.216. The minimum Gasteiger partial charge on any atom is -0.312 e. The third-order valence-corrected chi connectivity index (χ3v) is 2.94. The highest BCUT2D eigenvalue weighted by Gasteiger charge is 2.15. The third-order valence-electron chi connectivity index (χ3n) is 2.01. The second-order valence-corrected chi connectivity index (χ2v) is 5.44. The van der Waals surface area contributed by atoms with Gasteiger partial charge in [0.05, 0.1) is 5.75 Å². The molecule has 0 radical (unpaired) electrons. The number of nitrogens with zero attached hydrogens (tertiary/aromatic N) is 2. The number of hydrogen-bond acceptors (Lipinski definition) is 4.